The van der Waals surface area contributed by atoms with Crippen molar-refractivity contribution >= 4 is 27.4 Å². The number of aryl methyl sites for hydroxylation is 2. The fourth-order valence-electron chi connectivity index (χ4n) is 2.68. The average Bonchev–Trinajstić information content (AvgIpc) is 2.68. The van der Waals surface area contributed by atoms with Gasteiger partial charge in [-0.1, -0.05) is 18.2 Å². The number of ether oxygens (including phenoxy) is 1. The normalized spacial score (nSPS) is 12.1. The molecule has 0 spiro atoms. The summed E-state index contributed by atoms with van der Waals surface area (Å²) in [6.07, 6.45) is -0.721. The summed E-state index contributed by atoms with van der Waals surface area (Å²) in [4.78, 5) is 20.6. The van der Waals surface area contributed by atoms with E-state index in [1.54, 1.807) is 39.0 Å². The van der Waals surface area contributed by atoms with E-state index < -0.39 is 16.1 Å². The molecule has 3 aromatic rings. The number of benzene rings is 2. The molecule has 1 heterocycles. The summed E-state index contributed by atoms with van der Waals surface area (Å²) >= 11 is 0. The van der Waals surface area contributed by atoms with Crippen LogP contribution in [0.15, 0.2) is 65.6 Å². The van der Waals surface area contributed by atoms with Crippen molar-refractivity contribution in [3.05, 3.63) is 72.2 Å². The predicted octanol–water partition coefficient (Wildman–Crippen LogP) is 3.30. The highest BCUT2D eigenvalue weighted by atomic mass is 32.2. The van der Waals surface area contributed by atoms with E-state index in [-0.39, 0.29) is 16.6 Å². The Labute approximate surface area is 175 Å². The zero-order valence-corrected chi connectivity index (χ0v) is 17.6. The molecular weight excluding hydrogens is 404 g/mol. The molecule has 156 valence electrons. The van der Waals surface area contributed by atoms with E-state index in [0.717, 1.165) is 0 Å². The molecule has 0 saturated heterocycles. The fraction of sp³-hybridized carbons (Fsp3) is 0.190. The zero-order chi connectivity index (χ0) is 21.7. The molecule has 2 N–H and O–H groups in total. The van der Waals surface area contributed by atoms with Crippen LogP contribution in [0.3, 0.4) is 0 Å². The highest BCUT2D eigenvalue weighted by molar-refractivity contribution is 7.92. The van der Waals surface area contributed by atoms with Crippen LogP contribution in [0, 0.1) is 13.8 Å². The van der Waals surface area contributed by atoms with Gasteiger partial charge in [0.25, 0.3) is 15.9 Å². The van der Waals surface area contributed by atoms with Crippen molar-refractivity contribution in [2.45, 2.75) is 31.8 Å². The van der Waals surface area contributed by atoms with Gasteiger partial charge in [-0.05, 0) is 57.2 Å². The Kier molecular flexibility index (Phi) is 6.31. The molecule has 0 fully saturated rings. The number of rotatable bonds is 7. The molecule has 0 aliphatic carbocycles. The molecule has 0 aliphatic heterocycles. The molecule has 30 heavy (non-hydrogen) atoms. The standard InChI is InChI=1S/C21H22N4O4S/c1-14-13-20(23-16(3)22-14)25-30(27,28)19-11-9-17(10-12-19)24-21(26)15(2)29-18-7-5-4-6-8-18/h4-13,15H,1-3H3,(H,24,26)(H,22,23,25). The Morgan fingerprint density at radius 3 is 2.30 bits per heavy atom. The van der Waals surface area contributed by atoms with Crippen LogP contribution < -0.4 is 14.8 Å². The summed E-state index contributed by atoms with van der Waals surface area (Å²) in [5.74, 6) is 0.907. The Hall–Kier alpha value is -3.46. The Bertz CT molecular complexity index is 1110. The molecule has 0 bridgehead atoms. The molecule has 1 amide bonds. The van der Waals surface area contributed by atoms with E-state index in [1.807, 2.05) is 18.2 Å². The Morgan fingerprint density at radius 2 is 1.67 bits per heavy atom. The number of para-hydroxylation sites is 1. The molecule has 9 heteroatoms. The first-order valence-electron chi connectivity index (χ1n) is 9.21. The molecule has 0 aliphatic rings. The molecule has 8 nitrogen and oxygen atoms in total. The third-order valence-electron chi connectivity index (χ3n) is 4.06. The van der Waals surface area contributed by atoms with Gasteiger partial charge in [-0.3, -0.25) is 9.52 Å². The Balaban J connectivity index is 1.65. The molecule has 0 radical (unpaired) electrons. The summed E-state index contributed by atoms with van der Waals surface area (Å²) in [7, 11) is -3.83. The maximum atomic E-state index is 12.6. The van der Waals surface area contributed by atoms with Crippen LogP contribution in [-0.4, -0.2) is 30.4 Å². The number of amides is 1. The van der Waals surface area contributed by atoms with Gasteiger partial charge in [0, 0.05) is 17.4 Å². The fourth-order valence-corrected chi connectivity index (χ4v) is 3.68. The number of aromatic nitrogens is 2. The lowest BCUT2D eigenvalue weighted by Crippen LogP contribution is -2.30. The molecule has 2 aromatic carbocycles. The van der Waals surface area contributed by atoms with E-state index in [4.69, 9.17) is 4.74 Å². The minimum atomic E-state index is -3.83. The highest BCUT2D eigenvalue weighted by Gasteiger charge is 2.17. The van der Waals surface area contributed by atoms with Gasteiger partial charge in [-0.15, -0.1) is 0 Å². The lowest BCUT2D eigenvalue weighted by Gasteiger charge is -2.15. The number of hydrogen-bond acceptors (Lipinski definition) is 6. The van der Waals surface area contributed by atoms with Crippen LogP contribution in [-0.2, 0) is 14.8 Å². The topological polar surface area (TPSA) is 110 Å². The van der Waals surface area contributed by atoms with E-state index in [9.17, 15) is 13.2 Å². The van der Waals surface area contributed by atoms with Gasteiger partial charge in [-0.2, -0.15) is 0 Å². The van der Waals surface area contributed by atoms with Crippen LogP contribution in [0.25, 0.3) is 0 Å². The van der Waals surface area contributed by atoms with Crippen molar-refractivity contribution in [2.75, 3.05) is 10.0 Å². The molecular formula is C21H22N4O4S. The largest absolute Gasteiger partial charge is 0.481 e. The van der Waals surface area contributed by atoms with Crippen molar-refractivity contribution in [3.8, 4) is 5.75 Å². The summed E-state index contributed by atoms with van der Waals surface area (Å²) in [5.41, 5.74) is 1.11. The van der Waals surface area contributed by atoms with Crippen LogP contribution in [0.5, 0.6) is 5.75 Å². The number of nitrogens with one attached hydrogen (secondary N) is 2. The van der Waals surface area contributed by atoms with Crippen molar-refractivity contribution < 1.29 is 17.9 Å². The summed E-state index contributed by atoms with van der Waals surface area (Å²) in [5, 5.41) is 2.71. The summed E-state index contributed by atoms with van der Waals surface area (Å²) in [6.45, 7) is 5.08. The number of anilines is 2. The van der Waals surface area contributed by atoms with Crippen LogP contribution >= 0.6 is 0 Å². The maximum Gasteiger partial charge on any atom is 0.265 e. The molecule has 0 saturated carbocycles. The molecule has 1 aromatic heterocycles. The number of hydrogen-bond donors (Lipinski definition) is 2. The van der Waals surface area contributed by atoms with Crippen LogP contribution in [0.1, 0.15) is 18.4 Å². The summed E-state index contributed by atoms with van der Waals surface area (Å²) < 4.78 is 33.2. The van der Waals surface area contributed by atoms with E-state index in [1.165, 1.54) is 24.3 Å². The second kappa shape index (κ2) is 8.91. The van der Waals surface area contributed by atoms with Crippen LogP contribution in [0.2, 0.25) is 0 Å². The van der Waals surface area contributed by atoms with Crippen molar-refractivity contribution in [3.63, 3.8) is 0 Å². The molecule has 3 rings (SSSR count). The van der Waals surface area contributed by atoms with Crippen LogP contribution in [0.4, 0.5) is 11.5 Å². The SMILES string of the molecule is Cc1cc(NS(=O)(=O)c2ccc(NC(=O)C(C)Oc3ccccc3)cc2)nc(C)n1. The highest BCUT2D eigenvalue weighted by Crippen LogP contribution is 2.18. The lowest BCUT2D eigenvalue weighted by atomic mass is 10.3. The van der Waals surface area contributed by atoms with Crippen molar-refractivity contribution in [1.29, 1.82) is 0 Å². The van der Waals surface area contributed by atoms with Gasteiger partial charge in [0.05, 0.1) is 4.90 Å². The van der Waals surface area contributed by atoms with Crippen molar-refractivity contribution in [1.82, 2.24) is 9.97 Å². The third kappa shape index (κ3) is 5.54. The number of carbonyl (C=O) groups excluding carboxylic acids is 1. The second-order valence-electron chi connectivity index (χ2n) is 6.63. The van der Waals surface area contributed by atoms with Gasteiger partial charge in [0.2, 0.25) is 0 Å². The number of sulfonamides is 1. The minimum Gasteiger partial charge on any atom is -0.481 e. The van der Waals surface area contributed by atoms with E-state index in [2.05, 4.69) is 20.0 Å². The van der Waals surface area contributed by atoms with Crippen molar-refractivity contribution in [2.24, 2.45) is 0 Å². The van der Waals surface area contributed by atoms with Gasteiger partial charge in [0.15, 0.2) is 6.10 Å². The third-order valence-corrected chi connectivity index (χ3v) is 5.43. The monoisotopic (exact) mass is 426 g/mol. The molecule has 1 unspecified atom stereocenters. The minimum absolute atomic E-state index is 0.0444. The first-order chi connectivity index (χ1) is 14.2. The number of nitrogens with zero attached hydrogens (tertiary/aromatic N) is 2. The van der Waals surface area contributed by atoms with Gasteiger partial charge < -0.3 is 10.1 Å². The average molecular weight is 426 g/mol. The number of carbonyl (C=O) groups is 1. The molecule has 1 atom stereocenters. The first kappa shape index (κ1) is 21.3. The van der Waals surface area contributed by atoms with E-state index >= 15 is 0 Å². The quantitative estimate of drug-likeness (QED) is 0.600. The Morgan fingerprint density at radius 1 is 1.00 bits per heavy atom. The lowest BCUT2D eigenvalue weighted by molar-refractivity contribution is -0.122. The summed E-state index contributed by atoms with van der Waals surface area (Å²) in [6, 6.07) is 16.4. The predicted molar refractivity (Wildman–Crippen MR) is 114 cm³/mol. The van der Waals surface area contributed by atoms with Gasteiger partial charge >= 0.3 is 0 Å². The maximum absolute atomic E-state index is 12.6. The zero-order valence-electron chi connectivity index (χ0n) is 16.8. The van der Waals surface area contributed by atoms with Gasteiger partial charge in [0.1, 0.15) is 17.4 Å². The first-order valence-corrected chi connectivity index (χ1v) is 10.7. The van der Waals surface area contributed by atoms with Gasteiger partial charge in [-0.25, -0.2) is 18.4 Å². The van der Waals surface area contributed by atoms with E-state index in [0.29, 0.717) is 23.0 Å². The smallest absolute Gasteiger partial charge is 0.265 e. The second-order valence-corrected chi connectivity index (χ2v) is 8.32.